The minimum absolute atomic E-state index is 0.590. The third-order valence-electron chi connectivity index (χ3n) is 11.3. The molecule has 12 aromatic rings. The first-order chi connectivity index (χ1) is 28.8. The van der Waals surface area contributed by atoms with E-state index in [4.69, 9.17) is 19.9 Å². The molecule has 0 spiro atoms. The molecule has 0 aliphatic rings. The second-order valence-corrected chi connectivity index (χ2v) is 14.5. The van der Waals surface area contributed by atoms with E-state index >= 15 is 0 Å². The summed E-state index contributed by atoms with van der Waals surface area (Å²) < 4.78 is 4.63. The summed E-state index contributed by atoms with van der Waals surface area (Å²) in [6.45, 7) is 0. The fourth-order valence-corrected chi connectivity index (χ4v) is 8.74. The molecule has 0 atom stereocenters. The lowest BCUT2D eigenvalue weighted by Crippen LogP contribution is -2.04. The largest absolute Gasteiger partial charge is 0.307 e. The molecule has 0 amide bonds. The first-order valence-corrected chi connectivity index (χ1v) is 19.3. The number of fused-ring (bicyclic) bond motifs is 10. The fraction of sp³-hybridized carbons (Fsp3) is 0. The molecule has 58 heavy (non-hydrogen) atoms. The highest BCUT2D eigenvalue weighted by molar-refractivity contribution is 6.23. The van der Waals surface area contributed by atoms with Gasteiger partial charge in [-0.25, -0.2) is 15.0 Å². The van der Waals surface area contributed by atoms with Crippen LogP contribution in [0.15, 0.2) is 188 Å². The van der Waals surface area contributed by atoms with Crippen molar-refractivity contribution in [2.75, 3.05) is 0 Å². The van der Waals surface area contributed by atoms with Gasteiger partial charge in [0, 0.05) is 73.3 Å². The Balaban J connectivity index is 1.13. The lowest BCUT2D eigenvalue weighted by atomic mass is 10.0. The van der Waals surface area contributed by atoms with Gasteiger partial charge < -0.3 is 4.57 Å². The molecule has 0 N–H and O–H groups in total. The third kappa shape index (κ3) is 4.90. The zero-order valence-electron chi connectivity index (χ0n) is 31.0. The molecule has 12 rings (SSSR count). The second-order valence-electron chi connectivity index (χ2n) is 14.5. The lowest BCUT2D eigenvalue weighted by Gasteiger charge is -2.14. The van der Waals surface area contributed by atoms with Gasteiger partial charge in [-0.15, -0.1) is 0 Å². The SMILES string of the molecule is c1ccc(-c2cccc(-c3cccc(-n4c5ccccc5c5ccc6c7ccccc7n(-c7nccc(-c8cc9cccnc9c9ncccc89)n7)c6c54)c3)n2)cc1. The van der Waals surface area contributed by atoms with Crippen LogP contribution >= 0.6 is 0 Å². The van der Waals surface area contributed by atoms with Crippen LogP contribution < -0.4 is 0 Å². The molecule has 0 bridgehead atoms. The van der Waals surface area contributed by atoms with Crippen LogP contribution in [0, 0.1) is 0 Å². The van der Waals surface area contributed by atoms with Crippen LogP contribution in [0.1, 0.15) is 0 Å². The van der Waals surface area contributed by atoms with Crippen molar-refractivity contribution >= 4 is 65.4 Å². The number of benzene rings is 6. The van der Waals surface area contributed by atoms with Crippen molar-refractivity contribution in [1.82, 2.24) is 34.1 Å². The fourth-order valence-electron chi connectivity index (χ4n) is 8.74. The van der Waals surface area contributed by atoms with E-state index in [1.165, 1.54) is 5.39 Å². The number of hydrogen-bond donors (Lipinski definition) is 0. The van der Waals surface area contributed by atoms with Crippen LogP contribution in [0.3, 0.4) is 0 Å². The van der Waals surface area contributed by atoms with Gasteiger partial charge in [-0.1, -0.05) is 109 Å². The van der Waals surface area contributed by atoms with E-state index in [-0.39, 0.29) is 0 Å². The molecule has 0 aliphatic carbocycles. The average Bonchev–Trinajstić information content (AvgIpc) is 3.82. The van der Waals surface area contributed by atoms with E-state index in [1.54, 1.807) is 0 Å². The summed E-state index contributed by atoms with van der Waals surface area (Å²) in [7, 11) is 0. The predicted octanol–water partition coefficient (Wildman–Crippen LogP) is 12.2. The van der Waals surface area contributed by atoms with Crippen molar-refractivity contribution in [1.29, 1.82) is 0 Å². The number of aromatic nitrogens is 7. The number of hydrogen-bond acceptors (Lipinski definition) is 5. The Bertz CT molecular complexity index is 3580. The van der Waals surface area contributed by atoms with Gasteiger partial charge >= 0.3 is 0 Å². The Morgan fingerprint density at radius 3 is 1.81 bits per heavy atom. The molecule has 0 unspecified atom stereocenters. The first kappa shape index (κ1) is 32.2. The van der Waals surface area contributed by atoms with Crippen LogP contribution in [0.5, 0.6) is 0 Å². The molecule has 0 saturated carbocycles. The molecule has 6 aromatic heterocycles. The van der Waals surface area contributed by atoms with Crippen molar-refractivity contribution in [2.45, 2.75) is 0 Å². The number of nitrogens with zero attached hydrogens (tertiary/aromatic N) is 7. The molecule has 7 nitrogen and oxygen atoms in total. The van der Waals surface area contributed by atoms with E-state index in [2.05, 4.69) is 160 Å². The van der Waals surface area contributed by atoms with Crippen molar-refractivity contribution in [3.63, 3.8) is 0 Å². The topological polar surface area (TPSA) is 74.3 Å². The Morgan fingerprint density at radius 1 is 0.362 bits per heavy atom. The number of rotatable bonds is 5. The van der Waals surface area contributed by atoms with Crippen LogP contribution in [0.25, 0.3) is 111 Å². The molecule has 7 heteroatoms. The van der Waals surface area contributed by atoms with Gasteiger partial charge in [0.05, 0.1) is 50.2 Å². The molecule has 0 aliphatic heterocycles. The number of para-hydroxylation sites is 2. The van der Waals surface area contributed by atoms with Gasteiger partial charge in [-0.2, -0.15) is 0 Å². The van der Waals surface area contributed by atoms with E-state index < -0.39 is 0 Å². The molecule has 6 heterocycles. The van der Waals surface area contributed by atoms with Crippen LogP contribution in [-0.4, -0.2) is 34.1 Å². The van der Waals surface area contributed by atoms with Crippen LogP contribution in [0.2, 0.25) is 0 Å². The first-order valence-electron chi connectivity index (χ1n) is 19.3. The summed E-state index contributed by atoms with van der Waals surface area (Å²) in [4.78, 5) is 25.0. The molecular weight excluding hydrogens is 711 g/mol. The monoisotopic (exact) mass is 741 g/mol. The molecule has 0 fully saturated rings. The molecule has 0 saturated heterocycles. The van der Waals surface area contributed by atoms with E-state index in [0.29, 0.717) is 5.95 Å². The molecule has 270 valence electrons. The molecular formula is C51H31N7. The van der Waals surface area contributed by atoms with Gasteiger partial charge in [-0.05, 0) is 60.7 Å². The Hall–Kier alpha value is -8.03. The van der Waals surface area contributed by atoms with Crippen molar-refractivity contribution in [2.24, 2.45) is 0 Å². The normalized spacial score (nSPS) is 11.8. The summed E-state index contributed by atoms with van der Waals surface area (Å²) in [5, 5.41) is 6.58. The predicted molar refractivity (Wildman–Crippen MR) is 235 cm³/mol. The standard InChI is InChI=1S/C51H31N7/c1-2-12-32(13-3-1)42-20-9-21-43(55-42)33-14-8-16-35(30-33)57-45-22-6-4-17-36(45)39-24-25-40-37-18-5-7-23-46(37)58(50(40)49(39)57)51-54-29-26-44(56-51)41-31-34-15-10-27-52-47(34)48-38(41)19-11-28-53-48/h1-31H. The Labute approximate surface area is 332 Å². The quantitative estimate of drug-likeness (QED) is 0.164. The van der Waals surface area contributed by atoms with Crippen LogP contribution in [-0.2, 0) is 0 Å². The third-order valence-corrected chi connectivity index (χ3v) is 11.3. The minimum Gasteiger partial charge on any atom is -0.307 e. The van der Waals surface area contributed by atoms with Crippen LogP contribution in [0.4, 0.5) is 0 Å². The van der Waals surface area contributed by atoms with Gasteiger partial charge in [0.15, 0.2) is 0 Å². The summed E-state index contributed by atoms with van der Waals surface area (Å²) in [6.07, 6.45) is 5.50. The van der Waals surface area contributed by atoms with Gasteiger partial charge in [0.1, 0.15) is 0 Å². The summed E-state index contributed by atoms with van der Waals surface area (Å²) in [5.74, 6) is 0.590. The highest BCUT2D eigenvalue weighted by Gasteiger charge is 2.23. The maximum Gasteiger partial charge on any atom is 0.235 e. The maximum absolute atomic E-state index is 5.38. The summed E-state index contributed by atoms with van der Waals surface area (Å²) >= 11 is 0. The Morgan fingerprint density at radius 2 is 1.00 bits per heavy atom. The zero-order chi connectivity index (χ0) is 38.2. The van der Waals surface area contributed by atoms with Crippen molar-refractivity contribution in [3.05, 3.63) is 188 Å². The minimum atomic E-state index is 0.590. The lowest BCUT2D eigenvalue weighted by molar-refractivity contribution is 0.992. The summed E-state index contributed by atoms with van der Waals surface area (Å²) in [6, 6.07) is 59.3. The smallest absolute Gasteiger partial charge is 0.235 e. The maximum atomic E-state index is 5.38. The van der Waals surface area contributed by atoms with E-state index in [9.17, 15) is 0 Å². The molecule has 0 radical (unpaired) electrons. The number of pyridine rings is 3. The highest BCUT2D eigenvalue weighted by Crippen LogP contribution is 2.42. The van der Waals surface area contributed by atoms with E-state index in [0.717, 1.165) is 99.5 Å². The van der Waals surface area contributed by atoms with Gasteiger partial charge in [0.25, 0.3) is 0 Å². The highest BCUT2D eigenvalue weighted by atomic mass is 15.2. The van der Waals surface area contributed by atoms with Crippen molar-refractivity contribution < 1.29 is 0 Å². The zero-order valence-corrected chi connectivity index (χ0v) is 31.0. The van der Waals surface area contributed by atoms with Gasteiger partial charge in [-0.3, -0.25) is 14.5 Å². The Kier molecular flexibility index (Phi) is 7.09. The van der Waals surface area contributed by atoms with E-state index in [1.807, 2.05) is 42.9 Å². The van der Waals surface area contributed by atoms with Crippen molar-refractivity contribution in [3.8, 4) is 45.4 Å². The van der Waals surface area contributed by atoms with Gasteiger partial charge in [0.2, 0.25) is 5.95 Å². The molecule has 6 aromatic carbocycles. The average molecular weight is 742 g/mol. The second kappa shape index (κ2) is 12.8. The summed E-state index contributed by atoms with van der Waals surface area (Å²) in [5.41, 5.74) is 12.8.